The van der Waals surface area contributed by atoms with Crippen molar-refractivity contribution in [1.82, 2.24) is 20.4 Å². The maximum absolute atomic E-state index is 13.1. The van der Waals surface area contributed by atoms with Gasteiger partial charge in [0, 0.05) is 25.6 Å². The molecule has 0 aliphatic carbocycles. The number of amides is 2. The standard InChI is InChI=1S/C48H85N4O8P/c1-8-40(25-15-11-21-31-61-7)44(54)34-52(36-46(57)60-30-20-10-13-23-38(4)5)29-19-17-27-43-48(59)49-42(47(58)50-43)26-16-18-28-51(35-45(55)56)33-41(53)32-39(6)24-14-9-12-22-37(2)3/h12-15,20-25,30-31,37-46,53-57,61H,8-11,16-19,26-29,32-36H2,1-7H3,(H,49,59)(H,50,58)/b22-12-,23-13-,24-14-,25-15-,30-20-,31-21-. The van der Waals surface area contributed by atoms with Crippen LogP contribution in [-0.4, -0.2) is 130 Å². The Morgan fingerprint density at radius 3 is 1.74 bits per heavy atom. The van der Waals surface area contributed by atoms with Crippen molar-refractivity contribution in [2.75, 3.05) is 45.9 Å². The van der Waals surface area contributed by atoms with Crippen LogP contribution in [0, 0.1) is 23.7 Å². The molecular formula is C48H85N4O8P. The van der Waals surface area contributed by atoms with Crippen molar-refractivity contribution >= 4 is 20.4 Å². The van der Waals surface area contributed by atoms with Gasteiger partial charge >= 0.3 is 0 Å². The number of aliphatic hydroxyl groups excluding tert-OH is 4. The number of carbonyl (C=O) groups is 2. The number of hydrogen-bond donors (Lipinski definition) is 7. The third kappa shape index (κ3) is 29.3. The highest BCUT2D eigenvalue weighted by Crippen LogP contribution is 2.17. The third-order valence-electron chi connectivity index (χ3n) is 10.4. The number of ether oxygens (including phenoxy) is 1. The van der Waals surface area contributed by atoms with E-state index < -0.39 is 36.9 Å². The summed E-state index contributed by atoms with van der Waals surface area (Å²) in [5, 5.41) is 57.8. The first-order chi connectivity index (χ1) is 29.1. The van der Waals surface area contributed by atoms with Crippen LogP contribution in [0.3, 0.4) is 0 Å². The minimum atomic E-state index is -1.53. The quantitative estimate of drug-likeness (QED) is 0.0125. The van der Waals surface area contributed by atoms with Crippen LogP contribution in [0.5, 0.6) is 0 Å². The molecule has 0 saturated carbocycles. The largest absolute Gasteiger partial charge is 0.472 e. The molecule has 1 saturated heterocycles. The van der Waals surface area contributed by atoms with Crippen molar-refractivity contribution in [1.29, 1.82) is 0 Å². The molecule has 1 rings (SSSR count). The molecule has 0 aromatic heterocycles. The molecule has 8 atom stereocenters. The highest BCUT2D eigenvalue weighted by Gasteiger charge is 2.33. The summed E-state index contributed by atoms with van der Waals surface area (Å²) in [4.78, 5) is 30.0. The van der Waals surface area contributed by atoms with Gasteiger partial charge in [0.1, 0.15) is 12.1 Å². The minimum absolute atomic E-state index is 0.0122. The smallest absolute Gasteiger partial charge is 0.243 e. The van der Waals surface area contributed by atoms with Gasteiger partial charge in [0.25, 0.3) is 0 Å². The fourth-order valence-corrected chi connectivity index (χ4v) is 7.54. The zero-order chi connectivity index (χ0) is 45.4. The van der Waals surface area contributed by atoms with Crippen LogP contribution < -0.4 is 10.6 Å². The number of piperazine rings is 1. The van der Waals surface area contributed by atoms with Crippen LogP contribution in [0.2, 0.25) is 0 Å². The van der Waals surface area contributed by atoms with Gasteiger partial charge in [-0.25, -0.2) is 0 Å². The number of nitrogens with zero attached hydrogens (tertiary/aromatic N) is 2. The van der Waals surface area contributed by atoms with Gasteiger partial charge in [-0.15, -0.1) is 8.58 Å². The van der Waals surface area contributed by atoms with Crippen LogP contribution >= 0.6 is 8.58 Å². The van der Waals surface area contributed by atoms with Crippen LogP contribution in [0.15, 0.2) is 72.8 Å². The molecule has 350 valence electrons. The summed E-state index contributed by atoms with van der Waals surface area (Å²) in [6, 6.07) is -1.28. The molecular weight excluding hydrogens is 792 g/mol. The summed E-state index contributed by atoms with van der Waals surface area (Å²) in [6.07, 6.45) is 25.7. The fraction of sp³-hybridized carbons (Fsp3) is 0.708. The van der Waals surface area contributed by atoms with Gasteiger partial charge < -0.3 is 40.9 Å². The Morgan fingerprint density at radius 2 is 1.20 bits per heavy atom. The molecule has 0 bridgehead atoms. The summed E-state index contributed by atoms with van der Waals surface area (Å²) in [5.74, 6) is 2.84. The molecule has 0 radical (unpaired) electrons. The van der Waals surface area contributed by atoms with Crippen molar-refractivity contribution in [2.24, 2.45) is 23.7 Å². The van der Waals surface area contributed by atoms with E-state index in [2.05, 4.69) is 119 Å². The Morgan fingerprint density at radius 1 is 0.672 bits per heavy atom. The second-order valence-electron chi connectivity index (χ2n) is 17.2. The summed E-state index contributed by atoms with van der Waals surface area (Å²) < 4.78 is 5.56. The van der Waals surface area contributed by atoms with E-state index in [0.29, 0.717) is 89.4 Å². The Labute approximate surface area is 371 Å². The van der Waals surface area contributed by atoms with Gasteiger partial charge in [-0.2, -0.15) is 0 Å². The van der Waals surface area contributed by atoms with Gasteiger partial charge in [-0.05, 0) is 114 Å². The lowest BCUT2D eigenvalue weighted by molar-refractivity contribution is -0.137. The Bertz CT molecular complexity index is 1340. The van der Waals surface area contributed by atoms with Crippen molar-refractivity contribution in [3.8, 4) is 0 Å². The summed E-state index contributed by atoms with van der Waals surface area (Å²) in [6.45, 7) is 16.7. The van der Waals surface area contributed by atoms with Gasteiger partial charge in [-0.1, -0.05) is 102 Å². The van der Waals surface area contributed by atoms with E-state index in [1.807, 2.05) is 15.9 Å². The Balaban J connectivity index is 2.66. The van der Waals surface area contributed by atoms with Gasteiger partial charge in [0.15, 0.2) is 6.29 Å². The second kappa shape index (κ2) is 34.8. The van der Waals surface area contributed by atoms with Crippen molar-refractivity contribution in [3.63, 3.8) is 0 Å². The number of allylic oxidation sites excluding steroid dienone is 9. The zero-order valence-electron chi connectivity index (χ0n) is 38.6. The van der Waals surface area contributed by atoms with Crippen LogP contribution in [0.1, 0.15) is 112 Å². The maximum Gasteiger partial charge on any atom is 0.243 e. The topological polar surface area (TPSA) is 175 Å². The summed E-state index contributed by atoms with van der Waals surface area (Å²) >= 11 is 0. The molecule has 1 aliphatic rings. The highest BCUT2D eigenvalue weighted by molar-refractivity contribution is 7.40. The van der Waals surface area contributed by atoms with Gasteiger partial charge in [0.2, 0.25) is 18.1 Å². The highest BCUT2D eigenvalue weighted by atomic mass is 31.1. The van der Waals surface area contributed by atoms with E-state index in [4.69, 9.17) is 4.74 Å². The first-order valence-electron chi connectivity index (χ1n) is 22.9. The van der Waals surface area contributed by atoms with E-state index in [0.717, 1.165) is 27.8 Å². The molecule has 1 aliphatic heterocycles. The van der Waals surface area contributed by atoms with Crippen molar-refractivity contribution in [2.45, 2.75) is 149 Å². The number of carbonyl (C=O) groups excluding carboxylic acids is 2. The number of rotatable bonds is 35. The lowest BCUT2D eigenvalue weighted by Crippen LogP contribution is -2.61. The number of aliphatic hydroxyl groups is 5. The maximum atomic E-state index is 13.1. The van der Waals surface area contributed by atoms with Crippen molar-refractivity contribution < 1.29 is 39.9 Å². The third-order valence-corrected chi connectivity index (χ3v) is 11.0. The van der Waals surface area contributed by atoms with E-state index in [1.165, 1.54) is 6.26 Å². The lowest BCUT2D eigenvalue weighted by Gasteiger charge is -2.31. The predicted molar refractivity (Wildman–Crippen MR) is 252 cm³/mol. The van der Waals surface area contributed by atoms with Gasteiger partial charge in [-0.3, -0.25) is 19.4 Å². The first kappa shape index (κ1) is 56.3. The molecule has 8 unspecified atom stereocenters. The summed E-state index contributed by atoms with van der Waals surface area (Å²) in [7, 11) is 0.765. The molecule has 13 heteroatoms. The summed E-state index contributed by atoms with van der Waals surface area (Å²) in [5.41, 5.74) is 0. The molecule has 0 spiro atoms. The molecule has 7 N–H and O–H groups in total. The normalized spacial score (nSPS) is 19.6. The zero-order valence-corrected chi connectivity index (χ0v) is 39.6. The lowest BCUT2D eigenvalue weighted by atomic mass is 9.97. The first-order valence-corrected chi connectivity index (χ1v) is 24.5. The van der Waals surface area contributed by atoms with Crippen molar-refractivity contribution in [3.05, 3.63) is 72.8 Å². The number of nitrogens with one attached hydrogen (secondary N) is 2. The number of unbranched alkanes of at least 4 members (excludes halogenated alkanes) is 2. The van der Waals surface area contributed by atoms with E-state index in [9.17, 15) is 35.1 Å². The molecule has 1 fully saturated rings. The van der Waals surface area contributed by atoms with E-state index in [-0.39, 0.29) is 36.7 Å². The molecule has 12 nitrogen and oxygen atoms in total. The van der Waals surface area contributed by atoms with Crippen LogP contribution in [-0.2, 0) is 14.3 Å². The van der Waals surface area contributed by atoms with Crippen LogP contribution in [0.4, 0.5) is 0 Å². The monoisotopic (exact) mass is 877 g/mol. The van der Waals surface area contributed by atoms with Gasteiger partial charge in [0.05, 0.1) is 25.0 Å². The Kier molecular flexibility index (Phi) is 32.1. The Hall–Kier alpha value is -2.67. The molecule has 2 amide bonds. The SMILES string of the molecule is CCC(/C=C\C/C=C\PC)C(O)CN(CCCCC1NC(=O)C(CCCCN(CC(O)O)CC(O)CC(C)/C=C\C/C=C\C(C)C)NC1=O)CC(O)O/C=C\C/C=C\C(C)C. The van der Waals surface area contributed by atoms with E-state index in [1.54, 1.807) is 0 Å². The average Bonchev–Trinajstić information content (AvgIpc) is 3.18. The molecule has 0 aromatic rings. The molecule has 0 aromatic carbocycles. The van der Waals surface area contributed by atoms with E-state index >= 15 is 0 Å². The number of hydrogen-bond acceptors (Lipinski definition) is 10. The molecule has 1 heterocycles. The minimum Gasteiger partial charge on any atom is -0.472 e. The molecule has 61 heavy (non-hydrogen) atoms. The van der Waals surface area contributed by atoms with Crippen LogP contribution in [0.25, 0.3) is 0 Å². The average molecular weight is 877 g/mol. The second-order valence-corrected chi connectivity index (χ2v) is 18.1. The predicted octanol–water partition coefficient (Wildman–Crippen LogP) is 6.38. The fourth-order valence-electron chi connectivity index (χ4n) is 7.16.